The summed E-state index contributed by atoms with van der Waals surface area (Å²) in [6, 6.07) is 10.2. The Morgan fingerprint density at radius 1 is 1.27 bits per heavy atom. The van der Waals surface area contributed by atoms with Gasteiger partial charge in [-0.25, -0.2) is 9.97 Å². The average Bonchev–Trinajstić information content (AvgIpc) is 2.85. The molecule has 5 heteroatoms. The first-order valence-electron chi connectivity index (χ1n) is 7.43. The van der Waals surface area contributed by atoms with E-state index in [-0.39, 0.29) is 6.04 Å². The van der Waals surface area contributed by atoms with Gasteiger partial charge in [0.05, 0.1) is 5.02 Å². The zero-order chi connectivity index (χ0) is 15.7. The summed E-state index contributed by atoms with van der Waals surface area (Å²) in [6.07, 6.45) is 2.55. The number of benzene rings is 1. The lowest BCUT2D eigenvalue weighted by Gasteiger charge is -2.13. The van der Waals surface area contributed by atoms with Crippen LogP contribution in [0.15, 0.2) is 36.5 Å². The molecule has 114 valence electrons. The first-order chi connectivity index (χ1) is 10.6. The highest BCUT2D eigenvalue weighted by atomic mass is 35.5. The van der Waals surface area contributed by atoms with Crippen LogP contribution in [0.1, 0.15) is 18.9 Å². The molecule has 0 aliphatic rings. The standard InChI is InChI=1S/C17H19ClN4/c1-3-14(19)10-22-16(12-6-4-11(2)5-7-12)21-15-8-13(18)9-20-17(15)22/h4-9,14H,3,10,19H2,1-2H3. The van der Waals surface area contributed by atoms with Crippen LogP contribution >= 0.6 is 11.6 Å². The van der Waals surface area contributed by atoms with E-state index < -0.39 is 0 Å². The van der Waals surface area contributed by atoms with Crippen LogP contribution in [0.2, 0.25) is 5.02 Å². The van der Waals surface area contributed by atoms with Crippen LogP contribution in [-0.2, 0) is 6.54 Å². The number of aromatic nitrogens is 3. The van der Waals surface area contributed by atoms with Crippen molar-refractivity contribution in [1.29, 1.82) is 0 Å². The number of nitrogens with zero attached hydrogens (tertiary/aromatic N) is 3. The third-order valence-corrected chi connectivity index (χ3v) is 4.01. The Kier molecular flexibility index (Phi) is 4.14. The van der Waals surface area contributed by atoms with Crippen molar-refractivity contribution in [3.05, 3.63) is 47.1 Å². The molecular weight excluding hydrogens is 296 g/mol. The van der Waals surface area contributed by atoms with Gasteiger partial charge in [0.25, 0.3) is 0 Å². The maximum atomic E-state index is 6.15. The molecule has 0 saturated heterocycles. The van der Waals surface area contributed by atoms with Crippen LogP contribution in [0.3, 0.4) is 0 Å². The Labute approximate surface area is 134 Å². The van der Waals surface area contributed by atoms with Gasteiger partial charge in [-0.1, -0.05) is 48.4 Å². The van der Waals surface area contributed by atoms with Crippen LogP contribution in [-0.4, -0.2) is 20.6 Å². The number of nitrogens with two attached hydrogens (primary N) is 1. The molecule has 2 N–H and O–H groups in total. The molecule has 3 rings (SSSR count). The van der Waals surface area contributed by atoms with E-state index in [2.05, 4.69) is 47.7 Å². The molecule has 0 saturated carbocycles. The summed E-state index contributed by atoms with van der Waals surface area (Å²) in [7, 11) is 0. The predicted molar refractivity (Wildman–Crippen MR) is 91.0 cm³/mol. The zero-order valence-corrected chi connectivity index (χ0v) is 13.5. The third-order valence-electron chi connectivity index (χ3n) is 3.80. The van der Waals surface area contributed by atoms with Gasteiger partial charge in [-0.15, -0.1) is 0 Å². The van der Waals surface area contributed by atoms with E-state index in [0.29, 0.717) is 11.6 Å². The Hall–Kier alpha value is -1.91. The highest BCUT2D eigenvalue weighted by Crippen LogP contribution is 2.26. The van der Waals surface area contributed by atoms with Crippen LogP contribution in [0.25, 0.3) is 22.6 Å². The summed E-state index contributed by atoms with van der Waals surface area (Å²) in [4.78, 5) is 9.17. The van der Waals surface area contributed by atoms with Crippen LogP contribution in [0.5, 0.6) is 0 Å². The van der Waals surface area contributed by atoms with Crippen LogP contribution < -0.4 is 5.73 Å². The molecular formula is C17H19ClN4. The van der Waals surface area contributed by atoms with Gasteiger partial charge in [0.2, 0.25) is 0 Å². The predicted octanol–water partition coefficient (Wildman–Crippen LogP) is 3.80. The van der Waals surface area contributed by atoms with Crippen molar-refractivity contribution < 1.29 is 0 Å². The van der Waals surface area contributed by atoms with Gasteiger partial charge in [-0.2, -0.15) is 0 Å². The van der Waals surface area contributed by atoms with Gasteiger partial charge in [-0.3, -0.25) is 0 Å². The number of aryl methyl sites for hydroxylation is 1. The molecule has 0 aliphatic heterocycles. The van der Waals surface area contributed by atoms with E-state index in [1.54, 1.807) is 6.20 Å². The zero-order valence-electron chi connectivity index (χ0n) is 12.8. The molecule has 2 heterocycles. The lowest BCUT2D eigenvalue weighted by atomic mass is 10.1. The normalized spacial score (nSPS) is 12.7. The SMILES string of the molecule is CCC(N)Cn1c(-c2ccc(C)cc2)nc2cc(Cl)cnc21. The molecule has 0 spiro atoms. The van der Waals surface area contributed by atoms with Crippen molar-refractivity contribution in [3.63, 3.8) is 0 Å². The molecule has 2 aromatic heterocycles. The van der Waals surface area contributed by atoms with Crippen molar-refractivity contribution in [2.24, 2.45) is 5.73 Å². The number of imidazole rings is 1. The Balaban J connectivity index is 2.18. The molecule has 1 unspecified atom stereocenters. The molecule has 0 bridgehead atoms. The lowest BCUT2D eigenvalue weighted by molar-refractivity contribution is 0.549. The Bertz CT molecular complexity index is 792. The average molecular weight is 315 g/mol. The van der Waals surface area contributed by atoms with Crippen molar-refractivity contribution in [2.75, 3.05) is 0 Å². The minimum Gasteiger partial charge on any atom is -0.326 e. The van der Waals surface area contributed by atoms with E-state index in [1.165, 1.54) is 5.56 Å². The lowest BCUT2D eigenvalue weighted by Crippen LogP contribution is -2.25. The van der Waals surface area contributed by atoms with E-state index in [0.717, 1.165) is 29.0 Å². The highest BCUT2D eigenvalue weighted by molar-refractivity contribution is 6.31. The van der Waals surface area contributed by atoms with Gasteiger partial charge < -0.3 is 10.3 Å². The quantitative estimate of drug-likeness (QED) is 0.797. The first kappa shape index (κ1) is 15.0. The summed E-state index contributed by atoms with van der Waals surface area (Å²) in [5, 5.41) is 0.590. The van der Waals surface area contributed by atoms with E-state index in [9.17, 15) is 0 Å². The smallest absolute Gasteiger partial charge is 0.160 e. The number of rotatable bonds is 4. The van der Waals surface area contributed by atoms with E-state index >= 15 is 0 Å². The Morgan fingerprint density at radius 2 is 2.00 bits per heavy atom. The summed E-state index contributed by atoms with van der Waals surface area (Å²) in [6.45, 7) is 4.84. The van der Waals surface area contributed by atoms with Crippen molar-refractivity contribution in [3.8, 4) is 11.4 Å². The van der Waals surface area contributed by atoms with Gasteiger partial charge in [-0.05, 0) is 19.4 Å². The monoisotopic (exact) mass is 314 g/mol. The van der Waals surface area contributed by atoms with E-state index in [4.69, 9.17) is 22.3 Å². The molecule has 0 radical (unpaired) electrons. The number of pyridine rings is 1. The van der Waals surface area contributed by atoms with Crippen LogP contribution in [0, 0.1) is 6.92 Å². The fraction of sp³-hybridized carbons (Fsp3) is 0.294. The summed E-state index contributed by atoms with van der Waals surface area (Å²) in [5.41, 5.74) is 10.1. The molecule has 4 nitrogen and oxygen atoms in total. The fourth-order valence-corrected chi connectivity index (χ4v) is 2.60. The van der Waals surface area contributed by atoms with Crippen molar-refractivity contribution in [2.45, 2.75) is 32.9 Å². The van der Waals surface area contributed by atoms with Crippen molar-refractivity contribution >= 4 is 22.8 Å². The number of hydrogen-bond acceptors (Lipinski definition) is 3. The van der Waals surface area contributed by atoms with Crippen LogP contribution in [0.4, 0.5) is 0 Å². The fourth-order valence-electron chi connectivity index (χ4n) is 2.45. The largest absolute Gasteiger partial charge is 0.326 e. The van der Waals surface area contributed by atoms with Gasteiger partial charge in [0.1, 0.15) is 11.3 Å². The summed E-state index contributed by atoms with van der Waals surface area (Å²) >= 11 is 6.04. The number of hydrogen-bond donors (Lipinski definition) is 1. The van der Waals surface area contributed by atoms with E-state index in [1.807, 2.05) is 6.07 Å². The Morgan fingerprint density at radius 3 is 2.68 bits per heavy atom. The number of fused-ring (bicyclic) bond motifs is 1. The second-order valence-electron chi connectivity index (χ2n) is 5.58. The summed E-state index contributed by atoms with van der Waals surface area (Å²) < 4.78 is 2.09. The molecule has 22 heavy (non-hydrogen) atoms. The van der Waals surface area contributed by atoms with Gasteiger partial charge >= 0.3 is 0 Å². The second kappa shape index (κ2) is 6.07. The molecule has 0 aliphatic carbocycles. The molecule has 1 atom stereocenters. The minimum atomic E-state index is 0.0686. The highest BCUT2D eigenvalue weighted by Gasteiger charge is 2.15. The third kappa shape index (κ3) is 2.85. The van der Waals surface area contributed by atoms with Crippen molar-refractivity contribution in [1.82, 2.24) is 14.5 Å². The number of halogens is 1. The summed E-state index contributed by atoms with van der Waals surface area (Å²) in [5.74, 6) is 0.883. The second-order valence-corrected chi connectivity index (χ2v) is 6.01. The minimum absolute atomic E-state index is 0.0686. The van der Waals surface area contributed by atoms with Gasteiger partial charge in [0, 0.05) is 24.3 Å². The molecule has 0 fully saturated rings. The molecule has 0 amide bonds. The maximum absolute atomic E-state index is 6.15. The topological polar surface area (TPSA) is 56.7 Å². The maximum Gasteiger partial charge on any atom is 0.160 e. The first-order valence-corrected chi connectivity index (χ1v) is 7.80. The molecule has 3 aromatic rings. The molecule has 1 aromatic carbocycles. The van der Waals surface area contributed by atoms with Gasteiger partial charge in [0.15, 0.2) is 5.65 Å².